The van der Waals surface area contributed by atoms with Crippen LogP contribution in [0.3, 0.4) is 0 Å². The number of carbonyl (C=O) groups excluding carboxylic acids is 1. The minimum Gasteiger partial charge on any atom is -0.368 e. The van der Waals surface area contributed by atoms with Crippen molar-refractivity contribution in [3.63, 3.8) is 0 Å². The van der Waals surface area contributed by atoms with Crippen LogP contribution in [0, 0.1) is 12.0 Å². The molecular weight excluding hydrogens is 276 g/mol. The SMILES string of the molecule is CC(C)[C@@H]1CN(c2cc(C(N)=O)nc3cc[c]cc23)CCN1. The minimum absolute atomic E-state index is 0.313. The molecule has 5 heteroatoms. The van der Waals surface area contributed by atoms with Gasteiger partial charge in [0.25, 0.3) is 5.91 Å². The first kappa shape index (κ1) is 14.8. The van der Waals surface area contributed by atoms with Crippen molar-refractivity contribution < 1.29 is 4.79 Å². The van der Waals surface area contributed by atoms with Gasteiger partial charge in [0, 0.05) is 36.7 Å². The summed E-state index contributed by atoms with van der Waals surface area (Å²) < 4.78 is 0. The lowest BCUT2D eigenvalue weighted by Crippen LogP contribution is -2.53. The molecule has 1 amide bonds. The topological polar surface area (TPSA) is 71.2 Å². The van der Waals surface area contributed by atoms with Gasteiger partial charge in [0.1, 0.15) is 5.69 Å². The van der Waals surface area contributed by atoms with E-state index in [1.54, 1.807) is 12.1 Å². The summed E-state index contributed by atoms with van der Waals surface area (Å²) in [5, 5.41) is 4.56. The summed E-state index contributed by atoms with van der Waals surface area (Å²) in [5.74, 6) is 0.0598. The number of fused-ring (bicyclic) bond motifs is 1. The first-order valence-electron chi connectivity index (χ1n) is 7.65. The fourth-order valence-corrected chi connectivity index (χ4v) is 2.93. The zero-order valence-corrected chi connectivity index (χ0v) is 13.0. The third-order valence-corrected chi connectivity index (χ3v) is 4.23. The number of carbonyl (C=O) groups is 1. The number of aromatic nitrogens is 1. The molecule has 0 saturated carbocycles. The standard InChI is InChI=1S/C17H21N4O/c1-11(2)15-10-21(8-7-19-15)16-9-14(17(18)22)20-13-6-4-3-5-12(13)16/h4-6,9,11,15,19H,7-8,10H2,1-2H3,(H2,18,22)/t15-/m0/s1. The molecule has 3 N–H and O–H groups in total. The van der Waals surface area contributed by atoms with Crippen LogP contribution in [-0.4, -0.2) is 36.6 Å². The van der Waals surface area contributed by atoms with Gasteiger partial charge in [0.15, 0.2) is 0 Å². The van der Waals surface area contributed by atoms with Crippen molar-refractivity contribution in [2.24, 2.45) is 11.7 Å². The molecular formula is C17H21N4O. The number of piperazine rings is 1. The average Bonchev–Trinajstić information content (AvgIpc) is 2.53. The molecule has 2 heterocycles. The van der Waals surface area contributed by atoms with Gasteiger partial charge in [-0.15, -0.1) is 0 Å². The Hall–Kier alpha value is -2.14. The van der Waals surface area contributed by atoms with Crippen LogP contribution in [0.15, 0.2) is 24.3 Å². The summed E-state index contributed by atoms with van der Waals surface area (Å²) in [7, 11) is 0. The molecule has 5 nitrogen and oxygen atoms in total. The monoisotopic (exact) mass is 297 g/mol. The number of primary amides is 1. The normalized spacial score (nSPS) is 18.9. The third-order valence-electron chi connectivity index (χ3n) is 4.23. The lowest BCUT2D eigenvalue weighted by Gasteiger charge is -2.37. The molecule has 1 fully saturated rings. The van der Waals surface area contributed by atoms with E-state index in [0.29, 0.717) is 17.7 Å². The number of nitrogens with one attached hydrogen (secondary N) is 1. The molecule has 115 valence electrons. The third kappa shape index (κ3) is 2.76. The Morgan fingerprint density at radius 3 is 3.09 bits per heavy atom. The number of nitrogens with zero attached hydrogens (tertiary/aromatic N) is 2. The molecule has 1 atom stereocenters. The number of pyridine rings is 1. The molecule has 1 aliphatic rings. The number of hydrogen-bond donors (Lipinski definition) is 2. The first-order valence-corrected chi connectivity index (χ1v) is 7.65. The smallest absolute Gasteiger partial charge is 0.267 e. The maximum Gasteiger partial charge on any atom is 0.267 e. The predicted molar refractivity (Wildman–Crippen MR) is 87.9 cm³/mol. The van der Waals surface area contributed by atoms with Crippen LogP contribution in [0.1, 0.15) is 24.3 Å². The van der Waals surface area contributed by atoms with Crippen LogP contribution in [0.25, 0.3) is 10.9 Å². The molecule has 1 saturated heterocycles. The molecule has 0 bridgehead atoms. The van der Waals surface area contributed by atoms with Gasteiger partial charge < -0.3 is 16.0 Å². The molecule has 1 aliphatic heterocycles. The summed E-state index contributed by atoms with van der Waals surface area (Å²) in [6, 6.07) is 10.9. The molecule has 0 spiro atoms. The summed E-state index contributed by atoms with van der Waals surface area (Å²) >= 11 is 0. The number of anilines is 1. The molecule has 1 radical (unpaired) electrons. The molecule has 22 heavy (non-hydrogen) atoms. The van der Waals surface area contributed by atoms with Crippen molar-refractivity contribution in [1.29, 1.82) is 0 Å². The molecule has 3 rings (SSSR count). The van der Waals surface area contributed by atoms with Crippen molar-refractivity contribution >= 4 is 22.5 Å². The largest absolute Gasteiger partial charge is 0.368 e. The van der Waals surface area contributed by atoms with Gasteiger partial charge >= 0.3 is 0 Å². The van der Waals surface area contributed by atoms with Gasteiger partial charge in [0.05, 0.1) is 5.52 Å². The van der Waals surface area contributed by atoms with Crippen molar-refractivity contribution in [3.05, 3.63) is 36.0 Å². The van der Waals surface area contributed by atoms with E-state index in [1.165, 1.54) is 0 Å². The number of rotatable bonds is 3. The Bertz CT molecular complexity index is 698. The lowest BCUT2D eigenvalue weighted by atomic mass is 10.0. The molecule has 0 unspecified atom stereocenters. The quantitative estimate of drug-likeness (QED) is 0.902. The van der Waals surface area contributed by atoms with E-state index in [0.717, 1.165) is 36.2 Å². The maximum atomic E-state index is 11.6. The Morgan fingerprint density at radius 1 is 1.55 bits per heavy atom. The zero-order valence-electron chi connectivity index (χ0n) is 13.0. The molecule has 0 aliphatic carbocycles. The second-order valence-corrected chi connectivity index (χ2v) is 6.08. The second-order valence-electron chi connectivity index (χ2n) is 6.08. The maximum absolute atomic E-state index is 11.6. The van der Waals surface area contributed by atoms with Crippen molar-refractivity contribution in [2.45, 2.75) is 19.9 Å². The highest BCUT2D eigenvalue weighted by Crippen LogP contribution is 2.28. The summed E-state index contributed by atoms with van der Waals surface area (Å²) in [5.41, 5.74) is 7.55. The summed E-state index contributed by atoms with van der Waals surface area (Å²) in [4.78, 5) is 18.2. The van der Waals surface area contributed by atoms with Crippen molar-refractivity contribution in [1.82, 2.24) is 10.3 Å². The first-order chi connectivity index (χ1) is 10.6. The van der Waals surface area contributed by atoms with Crippen LogP contribution >= 0.6 is 0 Å². The van der Waals surface area contributed by atoms with E-state index < -0.39 is 5.91 Å². The number of hydrogen-bond acceptors (Lipinski definition) is 4. The highest BCUT2D eigenvalue weighted by Gasteiger charge is 2.24. The van der Waals surface area contributed by atoms with E-state index >= 15 is 0 Å². The Labute approximate surface area is 130 Å². The van der Waals surface area contributed by atoms with Gasteiger partial charge in [-0.25, -0.2) is 4.98 Å². The summed E-state index contributed by atoms with van der Waals surface area (Å²) in [6.07, 6.45) is 0. The van der Waals surface area contributed by atoms with Gasteiger partial charge in [-0.2, -0.15) is 0 Å². The van der Waals surface area contributed by atoms with E-state index in [1.807, 2.05) is 12.1 Å². The van der Waals surface area contributed by atoms with E-state index in [4.69, 9.17) is 5.73 Å². The second kappa shape index (κ2) is 5.93. The molecule has 1 aromatic heterocycles. The number of benzene rings is 1. The predicted octanol–water partition coefficient (Wildman–Crippen LogP) is 1.57. The lowest BCUT2D eigenvalue weighted by molar-refractivity contribution is 0.0996. The highest BCUT2D eigenvalue weighted by molar-refractivity contribution is 5.99. The Balaban J connectivity index is 2.06. The fourth-order valence-electron chi connectivity index (χ4n) is 2.93. The van der Waals surface area contributed by atoms with Crippen LogP contribution in [0.5, 0.6) is 0 Å². The molecule has 2 aromatic rings. The van der Waals surface area contributed by atoms with Crippen molar-refractivity contribution in [2.75, 3.05) is 24.5 Å². The zero-order chi connectivity index (χ0) is 15.7. The Kier molecular flexibility index (Phi) is 3.98. The van der Waals surface area contributed by atoms with Gasteiger partial charge in [0.2, 0.25) is 0 Å². The van der Waals surface area contributed by atoms with E-state index in [2.05, 4.69) is 35.1 Å². The van der Waals surface area contributed by atoms with Gasteiger partial charge in [-0.05, 0) is 30.2 Å². The number of nitrogens with two attached hydrogens (primary N) is 1. The van der Waals surface area contributed by atoms with Gasteiger partial charge in [-0.1, -0.05) is 19.9 Å². The van der Waals surface area contributed by atoms with Crippen LogP contribution < -0.4 is 16.0 Å². The van der Waals surface area contributed by atoms with Crippen LogP contribution in [-0.2, 0) is 0 Å². The Morgan fingerprint density at radius 2 is 2.36 bits per heavy atom. The van der Waals surface area contributed by atoms with E-state index in [-0.39, 0.29) is 0 Å². The minimum atomic E-state index is -0.494. The number of amides is 1. The van der Waals surface area contributed by atoms with Crippen LogP contribution in [0.4, 0.5) is 5.69 Å². The van der Waals surface area contributed by atoms with Gasteiger partial charge in [-0.3, -0.25) is 4.79 Å². The average molecular weight is 297 g/mol. The van der Waals surface area contributed by atoms with Crippen molar-refractivity contribution in [3.8, 4) is 0 Å². The van der Waals surface area contributed by atoms with E-state index in [9.17, 15) is 4.79 Å². The van der Waals surface area contributed by atoms with Crippen LogP contribution in [0.2, 0.25) is 0 Å². The summed E-state index contributed by atoms with van der Waals surface area (Å²) in [6.45, 7) is 7.16. The molecule has 1 aromatic carbocycles. The fraction of sp³-hybridized carbons (Fsp3) is 0.412. The highest BCUT2D eigenvalue weighted by atomic mass is 16.1.